The normalized spacial score (nSPS) is 21.9. The van der Waals surface area contributed by atoms with Gasteiger partial charge in [0.15, 0.2) is 0 Å². The number of nitrogens with zero attached hydrogens (tertiary/aromatic N) is 4. The number of rotatable bonds is 2. The van der Waals surface area contributed by atoms with Crippen molar-refractivity contribution in [3.8, 4) is 0 Å². The van der Waals surface area contributed by atoms with E-state index in [1.54, 1.807) is 9.80 Å². The fourth-order valence-electron chi connectivity index (χ4n) is 2.90. The van der Waals surface area contributed by atoms with Gasteiger partial charge in [-0.15, -0.1) is 0 Å². The molecule has 0 radical (unpaired) electrons. The van der Waals surface area contributed by atoms with E-state index in [4.69, 9.17) is 16.6 Å². The Hall–Kier alpha value is -1.11. The molecule has 2 saturated heterocycles. The molecule has 7 heteroatoms. The highest BCUT2D eigenvalue weighted by molar-refractivity contribution is 6.29. The quantitative estimate of drug-likeness (QED) is 0.608. The van der Waals surface area contributed by atoms with Gasteiger partial charge in [0.25, 0.3) is 0 Å². The standard InChI is InChI=1S/C14H23ClN6/c1-18-3-7-20(8-4-18)13-11-12(15)16-14(17-13)21-9-5-19(2)6-10-21/h11H,3-10H2,1-2H3/p+2. The van der Waals surface area contributed by atoms with Crippen molar-refractivity contribution >= 4 is 23.4 Å². The maximum absolute atomic E-state index is 6.23. The van der Waals surface area contributed by atoms with Crippen molar-refractivity contribution in [1.29, 1.82) is 0 Å². The molecular weight excluding hydrogens is 288 g/mol. The molecule has 2 N–H and O–H groups in total. The smallest absolute Gasteiger partial charge is 0.229 e. The third-order valence-electron chi connectivity index (χ3n) is 4.51. The van der Waals surface area contributed by atoms with Gasteiger partial charge in [-0.05, 0) is 0 Å². The maximum atomic E-state index is 6.23. The van der Waals surface area contributed by atoms with Gasteiger partial charge in [-0.25, -0.2) is 4.98 Å². The van der Waals surface area contributed by atoms with Crippen LogP contribution in [0.2, 0.25) is 5.15 Å². The molecule has 0 spiro atoms. The number of hydrogen-bond acceptors (Lipinski definition) is 4. The summed E-state index contributed by atoms with van der Waals surface area (Å²) in [5.41, 5.74) is 0. The van der Waals surface area contributed by atoms with E-state index >= 15 is 0 Å². The van der Waals surface area contributed by atoms with Crippen molar-refractivity contribution in [2.45, 2.75) is 0 Å². The number of likely N-dealkylation sites (N-methyl/N-ethyl adjacent to an activating group) is 2. The van der Waals surface area contributed by atoms with Crippen LogP contribution >= 0.6 is 11.6 Å². The Balaban J connectivity index is 1.76. The zero-order chi connectivity index (χ0) is 14.8. The Morgan fingerprint density at radius 2 is 1.43 bits per heavy atom. The number of halogens is 1. The van der Waals surface area contributed by atoms with Gasteiger partial charge in [0.05, 0.1) is 66.5 Å². The second-order valence-corrected chi connectivity index (χ2v) is 6.62. The van der Waals surface area contributed by atoms with Crippen LogP contribution in [-0.2, 0) is 0 Å². The van der Waals surface area contributed by atoms with Crippen molar-refractivity contribution in [3.05, 3.63) is 11.2 Å². The van der Waals surface area contributed by atoms with Crippen molar-refractivity contribution in [2.75, 3.05) is 76.3 Å². The van der Waals surface area contributed by atoms with Gasteiger partial charge in [-0.1, -0.05) is 11.6 Å². The summed E-state index contributed by atoms with van der Waals surface area (Å²) in [5.74, 6) is 1.76. The SMILES string of the molecule is C[NH+]1CCN(c2cc(Cl)nc(N3CC[NH+](C)CC3)n2)CC1. The average molecular weight is 313 g/mol. The van der Waals surface area contributed by atoms with Crippen LogP contribution in [0.15, 0.2) is 6.07 Å². The lowest BCUT2D eigenvalue weighted by molar-refractivity contribution is -0.880. The first kappa shape index (κ1) is 14.8. The zero-order valence-electron chi connectivity index (χ0n) is 12.9. The summed E-state index contributed by atoms with van der Waals surface area (Å²) < 4.78 is 0. The van der Waals surface area contributed by atoms with Crippen LogP contribution in [0.5, 0.6) is 0 Å². The summed E-state index contributed by atoms with van der Waals surface area (Å²) in [7, 11) is 4.47. The molecule has 0 amide bonds. The number of piperazine rings is 2. The Bertz CT molecular complexity index is 440. The molecule has 21 heavy (non-hydrogen) atoms. The molecular formula is C14H25ClN6+2. The van der Waals surface area contributed by atoms with Crippen LogP contribution in [-0.4, -0.2) is 76.4 Å². The second kappa shape index (κ2) is 6.34. The predicted molar refractivity (Wildman–Crippen MR) is 84.7 cm³/mol. The van der Waals surface area contributed by atoms with Gasteiger partial charge in [0, 0.05) is 6.07 Å². The summed E-state index contributed by atoms with van der Waals surface area (Å²) >= 11 is 6.23. The van der Waals surface area contributed by atoms with Crippen LogP contribution in [0.4, 0.5) is 11.8 Å². The van der Waals surface area contributed by atoms with E-state index in [1.807, 2.05) is 6.07 Å². The number of anilines is 2. The van der Waals surface area contributed by atoms with Gasteiger partial charge < -0.3 is 19.6 Å². The van der Waals surface area contributed by atoms with Crippen molar-refractivity contribution in [3.63, 3.8) is 0 Å². The highest BCUT2D eigenvalue weighted by atomic mass is 35.5. The first-order valence-corrected chi connectivity index (χ1v) is 8.17. The first-order chi connectivity index (χ1) is 10.1. The van der Waals surface area contributed by atoms with E-state index in [9.17, 15) is 0 Å². The minimum Gasteiger partial charge on any atom is -0.345 e. The van der Waals surface area contributed by atoms with E-state index in [1.165, 1.54) is 0 Å². The van der Waals surface area contributed by atoms with E-state index in [-0.39, 0.29) is 0 Å². The van der Waals surface area contributed by atoms with Crippen LogP contribution in [0.3, 0.4) is 0 Å². The second-order valence-electron chi connectivity index (χ2n) is 6.24. The first-order valence-electron chi connectivity index (χ1n) is 7.79. The molecule has 6 nitrogen and oxygen atoms in total. The highest BCUT2D eigenvalue weighted by Gasteiger charge is 2.23. The van der Waals surface area contributed by atoms with Gasteiger partial charge in [-0.3, -0.25) is 0 Å². The lowest BCUT2D eigenvalue weighted by Gasteiger charge is -2.33. The molecule has 0 saturated carbocycles. The molecule has 2 aliphatic heterocycles. The topological polar surface area (TPSA) is 41.1 Å². The monoisotopic (exact) mass is 312 g/mol. The largest absolute Gasteiger partial charge is 0.345 e. The fourth-order valence-corrected chi connectivity index (χ4v) is 3.08. The number of aromatic nitrogens is 2. The molecule has 1 aromatic heterocycles. The van der Waals surface area contributed by atoms with E-state index in [0.29, 0.717) is 5.15 Å². The van der Waals surface area contributed by atoms with Gasteiger partial charge >= 0.3 is 0 Å². The van der Waals surface area contributed by atoms with E-state index in [2.05, 4.69) is 28.9 Å². The van der Waals surface area contributed by atoms with Crippen LogP contribution in [0.1, 0.15) is 0 Å². The molecule has 3 heterocycles. The molecule has 0 bridgehead atoms. The van der Waals surface area contributed by atoms with Gasteiger partial charge in [0.2, 0.25) is 5.95 Å². The molecule has 1 aromatic rings. The minimum absolute atomic E-state index is 0.549. The summed E-state index contributed by atoms with van der Waals surface area (Å²) in [6.45, 7) is 8.61. The summed E-state index contributed by atoms with van der Waals surface area (Å²) in [6, 6.07) is 1.90. The van der Waals surface area contributed by atoms with Crippen molar-refractivity contribution in [1.82, 2.24) is 9.97 Å². The lowest BCUT2D eigenvalue weighted by Crippen LogP contribution is -3.12. The highest BCUT2D eigenvalue weighted by Crippen LogP contribution is 2.20. The van der Waals surface area contributed by atoms with E-state index in [0.717, 1.165) is 64.1 Å². The third kappa shape index (κ3) is 3.56. The Morgan fingerprint density at radius 1 is 0.905 bits per heavy atom. The summed E-state index contributed by atoms with van der Waals surface area (Å²) in [4.78, 5) is 16.9. The Kier molecular flexibility index (Phi) is 4.47. The molecule has 0 aliphatic carbocycles. The van der Waals surface area contributed by atoms with E-state index < -0.39 is 0 Å². The summed E-state index contributed by atoms with van der Waals surface area (Å²) in [6.07, 6.45) is 0. The Labute approximate surface area is 131 Å². The molecule has 116 valence electrons. The van der Waals surface area contributed by atoms with Gasteiger partial charge in [-0.2, -0.15) is 4.98 Å². The van der Waals surface area contributed by atoms with Crippen molar-refractivity contribution in [2.24, 2.45) is 0 Å². The molecule has 0 aromatic carbocycles. The summed E-state index contributed by atoms with van der Waals surface area (Å²) in [5, 5.41) is 0.549. The predicted octanol–water partition coefficient (Wildman–Crippen LogP) is -2.20. The molecule has 0 unspecified atom stereocenters. The maximum Gasteiger partial charge on any atom is 0.229 e. The molecule has 0 atom stereocenters. The zero-order valence-corrected chi connectivity index (χ0v) is 13.7. The number of nitrogens with one attached hydrogen (secondary N) is 2. The minimum atomic E-state index is 0.549. The molecule has 3 rings (SSSR count). The van der Waals surface area contributed by atoms with Gasteiger partial charge in [0.1, 0.15) is 11.0 Å². The number of quaternary nitrogens is 2. The lowest BCUT2D eigenvalue weighted by atomic mass is 10.3. The molecule has 2 aliphatic rings. The van der Waals surface area contributed by atoms with Crippen LogP contribution in [0, 0.1) is 0 Å². The van der Waals surface area contributed by atoms with Crippen LogP contribution < -0.4 is 19.6 Å². The average Bonchev–Trinajstić information content (AvgIpc) is 2.48. The number of hydrogen-bond donors (Lipinski definition) is 2. The third-order valence-corrected chi connectivity index (χ3v) is 4.70. The van der Waals surface area contributed by atoms with Crippen LogP contribution in [0.25, 0.3) is 0 Å². The Morgan fingerprint density at radius 3 is 2.00 bits per heavy atom. The molecule has 2 fully saturated rings. The van der Waals surface area contributed by atoms with Crippen molar-refractivity contribution < 1.29 is 9.80 Å². The fraction of sp³-hybridized carbons (Fsp3) is 0.714.